The normalized spacial score (nSPS) is 15.6. The number of aryl methyl sites for hydroxylation is 1. The third-order valence-electron chi connectivity index (χ3n) is 4.34. The van der Waals surface area contributed by atoms with Crippen molar-refractivity contribution in [2.45, 2.75) is 26.3 Å². The average Bonchev–Trinajstić information content (AvgIpc) is 3.31. The fourth-order valence-electron chi connectivity index (χ4n) is 2.85. The van der Waals surface area contributed by atoms with Crippen molar-refractivity contribution in [1.82, 2.24) is 14.7 Å². The highest BCUT2D eigenvalue weighted by molar-refractivity contribution is 5.93. The van der Waals surface area contributed by atoms with Gasteiger partial charge >= 0.3 is 0 Å². The Bertz CT molecular complexity index is 740. The Kier molecular flexibility index (Phi) is 5.33. The number of furan rings is 1. The van der Waals surface area contributed by atoms with Gasteiger partial charge in [0.1, 0.15) is 5.76 Å². The molecule has 1 aliphatic heterocycles. The minimum absolute atomic E-state index is 0.00567. The van der Waals surface area contributed by atoms with Crippen LogP contribution < -0.4 is 5.32 Å². The lowest BCUT2D eigenvalue weighted by Gasteiger charge is -2.30. The monoisotopic (exact) mass is 342 g/mol. The van der Waals surface area contributed by atoms with E-state index in [2.05, 4.69) is 10.4 Å². The molecule has 7 heteroatoms. The number of hydrogen-bond donors (Lipinski definition) is 1. The molecule has 132 valence electrons. The highest BCUT2D eigenvalue weighted by Gasteiger charge is 2.26. The molecule has 0 spiro atoms. The average molecular weight is 342 g/mol. The number of carbonyl (C=O) groups excluding carboxylic acids is 2. The van der Waals surface area contributed by atoms with Crippen molar-refractivity contribution in [2.24, 2.45) is 5.92 Å². The van der Waals surface area contributed by atoms with Crippen molar-refractivity contribution in [3.63, 3.8) is 0 Å². The number of piperidine rings is 1. The molecular formula is C18H22N4O3. The predicted octanol–water partition coefficient (Wildman–Crippen LogP) is 2.39. The predicted molar refractivity (Wildman–Crippen MR) is 93.6 cm³/mol. The van der Waals surface area contributed by atoms with Gasteiger partial charge in [0.05, 0.1) is 18.1 Å². The molecule has 3 rings (SSSR count). The Labute approximate surface area is 146 Å². The molecule has 1 aliphatic rings. The number of nitrogens with zero attached hydrogens (tertiary/aromatic N) is 3. The summed E-state index contributed by atoms with van der Waals surface area (Å²) >= 11 is 0. The number of hydrogen-bond acceptors (Lipinski definition) is 4. The lowest BCUT2D eigenvalue weighted by atomic mass is 9.96. The topological polar surface area (TPSA) is 80.4 Å². The molecule has 0 aromatic carbocycles. The summed E-state index contributed by atoms with van der Waals surface area (Å²) in [5.74, 6) is 0.506. The van der Waals surface area contributed by atoms with E-state index in [1.807, 2.05) is 13.1 Å². The van der Waals surface area contributed by atoms with E-state index in [-0.39, 0.29) is 17.7 Å². The number of nitrogens with one attached hydrogen (secondary N) is 1. The maximum absolute atomic E-state index is 12.3. The molecule has 0 bridgehead atoms. The largest absolute Gasteiger partial charge is 0.465 e. The number of amides is 2. The smallest absolute Gasteiger partial charge is 0.246 e. The second-order valence-corrected chi connectivity index (χ2v) is 6.02. The molecule has 25 heavy (non-hydrogen) atoms. The van der Waals surface area contributed by atoms with Gasteiger partial charge in [-0.3, -0.25) is 14.3 Å². The Morgan fingerprint density at radius 1 is 1.40 bits per heavy atom. The zero-order valence-electron chi connectivity index (χ0n) is 14.2. The van der Waals surface area contributed by atoms with Gasteiger partial charge in [-0.15, -0.1) is 0 Å². The van der Waals surface area contributed by atoms with Crippen LogP contribution in [0.3, 0.4) is 0 Å². The molecule has 2 aromatic heterocycles. The zero-order valence-corrected chi connectivity index (χ0v) is 14.2. The van der Waals surface area contributed by atoms with Gasteiger partial charge in [0.25, 0.3) is 0 Å². The van der Waals surface area contributed by atoms with Crippen molar-refractivity contribution >= 4 is 23.6 Å². The Morgan fingerprint density at radius 2 is 2.20 bits per heavy atom. The van der Waals surface area contributed by atoms with Crippen LogP contribution in [0.15, 0.2) is 41.3 Å². The van der Waals surface area contributed by atoms with Gasteiger partial charge in [-0.1, -0.05) is 0 Å². The van der Waals surface area contributed by atoms with E-state index >= 15 is 0 Å². The van der Waals surface area contributed by atoms with E-state index in [1.165, 1.54) is 6.08 Å². The maximum atomic E-state index is 12.3. The first-order valence-electron chi connectivity index (χ1n) is 8.49. The standard InChI is InChI=1S/C18H22N4O3/c1-2-22-13-15(12-19-22)20-18(24)14-7-9-21(10-8-14)17(23)6-5-16-4-3-11-25-16/h3-6,11-14H,2,7-10H2,1H3,(H,20,24)/b6-5+. The number of carbonyl (C=O) groups is 2. The molecule has 0 unspecified atom stereocenters. The van der Waals surface area contributed by atoms with E-state index in [0.29, 0.717) is 37.4 Å². The van der Waals surface area contributed by atoms with Gasteiger partial charge in [0, 0.05) is 37.8 Å². The van der Waals surface area contributed by atoms with Crippen LogP contribution in [0.2, 0.25) is 0 Å². The van der Waals surface area contributed by atoms with Gasteiger partial charge < -0.3 is 14.6 Å². The highest BCUT2D eigenvalue weighted by Crippen LogP contribution is 2.20. The summed E-state index contributed by atoms with van der Waals surface area (Å²) in [7, 11) is 0. The summed E-state index contributed by atoms with van der Waals surface area (Å²) in [4.78, 5) is 26.3. The Morgan fingerprint density at radius 3 is 2.84 bits per heavy atom. The van der Waals surface area contributed by atoms with Crippen molar-refractivity contribution in [2.75, 3.05) is 18.4 Å². The van der Waals surface area contributed by atoms with Crippen LogP contribution in [0.5, 0.6) is 0 Å². The first-order chi connectivity index (χ1) is 12.2. The lowest BCUT2D eigenvalue weighted by molar-refractivity contribution is -0.130. The highest BCUT2D eigenvalue weighted by atomic mass is 16.3. The molecule has 0 saturated carbocycles. The maximum Gasteiger partial charge on any atom is 0.246 e. The second kappa shape index (κ2) is 7.83. The number of likely N-dealkylation sites (tertiary alicyclic amines) is 1. The molecule has 2 amide bonds. The van der Waals surface area contributed by atoms with Crippen LogP contribution in [0.25, 0.3) is 6.08 Å². The summed E-state index contributed by atoms with van der Waals surface area (Å²) in [6, 6.07) is 3.57. The minimum atomic E-state index is -0.0805. The van der Waals surface area contributed by atoms with Gasteiger partial charge in [0.15, 0.2) is 0 Å². The van der Waals surface area contributed by atoms with E-state index in [1.54, 1.807) is 40.3 Å². The lowest BCUT2D eigenvalue weighted by Crippen LogP contribution is -2.40. The number of aromatic nitrogens is 2. The third kappa shape index (κ3) is 4.37. The zero-order chi connectivity index (χ0) is 17.6. The first-order valence-corrected chi connectivity index (χ1v) is 8.49. The van der Waals surface area contributed by atoms with Gasteiger partial charge in [-0.25, -0.2) is 0 Å². The van der Waals surface area contributed by atoms with Crippen LogP contribution in [0.4, 0.5) is 5.69 Å². The van der Waals surface area contributed by atoms with E-state index in [4.69, 9.17) is 4.42 Å². The molecule has 0 aliphatic carbocycles. The second-order valence-electron chi connectivity index (χ2n) is 6.02. The molecule has 0 radical (unpaired) electrons. The summed E-state index contributed by atoms with van der Waals surface area (Å²) in [5.41, 5.74) is 0.715. The fourth-order valence-corrected chi connectivity index (χ4v) is 2.85. The number of anilines is 1. The van der Waals surface area contributed by atoms with Crippen LogP contribution in [0, 0.1) is 5.92 Å². The Hall–Kier alpha value is -2.83. The number of rotatable bonds is 5. The van der Waals surface area contributed by atoms with Crippen LogP contribution in [-0.2, 0) is 16.1 Å². The van der Waals surface area contributed by atoms with Crippen molar-refractivity contribution in [3.05, 3.63) is 42.6 Å². The van der Waals surface area contributed by atoms with Gasteiger partial charge in [-0.2, -0.15) is 5.10 Å². The first kappa shape index (κ1) is 17.0. The molecular weight excluding hydrogens is 320 g/mol. The summed E-state index contributed by atoms with van der Waals surface area (Å²) in [6.45, 7) is 3.91. The van der Waals surface area contributed by atoms with Crippen LogP contribution >= 0.6 is 0 Å². The van der Waals surface area contributed by atoms with Gasteiger partial charge in [0.2, 0.25) is 11.8 Å². The Balaban J connectivity index is 1.47. The van der Waals surface area contributed by atoms with E-state index in [9.17, 15) is 9.59 Å². The molecule has 7 nitrogen and oxygen atoms in total. The summed E-state index contributed by atoms with van der Waals surface area (Å²) in [6.07, 6.45) is 9.53. The van der Waals surface area contributed by atoms with E-state index < -0.39 is 0 Å². The molecule has 1 N–H and O–H groups in total. The van der Waals surface area contributed by atoms with Crippen molar-refractivity contribution in [3.8, 4) is 0 Å². The minimum Gasteiger partial charge on any atom is -0.465 e. The summed E-state index contributed by atoms with van der Waals surface area (Å²) < 4.78 is 6.93. The molecule has 0 atom stereocenters. The molecule has 3 heterocycles. The van der Waals surface area contributed by atoms with E-state index in [0.717, 1.165) is 6.54 Å². The third-order valence-corrected chi connectivity index (χ3v) is 4.34. The molecule has 2 aromatic rings. The SMILES string of the molecule is CCn1cc(NC(=O)C2CCN(C(=O)/C=C/c3ccco3)CC2)cn1. The fraction of sp³-hybridized carbons (Fsp3) is 0.389. The quantitative estimate of drug-likeness (QED) is 0.846. The van der Waals surface area contributed by atoms with Crippen molar-refractivity contribution in [1.29, 1.82) is 0 Å². The molecule has 1 saturated heterocycles. The van der Waals surface area contributed by atoms with Crippen LogP contribution in [0.1, 0.15) is 25.5 Å². The molecule has 1 fully saturated rings. The summed E-state index contributed by atoms with van der Waals surface area (Å²) in [5, 5.41) is 7.05. The van der Waals surface area contributed by atoms with Gasteiger partial charge in [-0.05, 0) is 38.0 Å². The van der Waals surface area contributed by atoms with Crippen molar-refractivity contribution < 1.29 is 14.0 Å². The van der Waals surface area contributed by atoms with Crippen LogP contribution in [-0.4, -0.2) is 39.6 Å².